The highest BCUT2D eigenvalue weighted by Crippen LogP contribution is 2.12. The third kappa shape index (κ3) is 3.63. The van der Waals surface area contributed by atoms with E-state index in [0.717, 1.165) is 26.1 Å². The lowest BCUT2D eigenvalue weighted by atomic mass is 10.1. The summed E-state index contributed by atoms with van der Waals surface area (Å²) in [6.07, 6.45) is 1.09. The first-order chi connectivity index (χ1) is 7.04. The number of hydrogen-bond acceptors (Lipinski definition) is 3. The summed E-state index contributed by atoms with van der Waals surface area (Å²) in [5.41, 5.74) is 0. The standard InChI is InChI=1S/C10H19ClN2O2/c1-3-8-6-13(5-4-12(8)2)7-9(11)10(14)15/h8-9H,3-7H2,1-2H3,(H,14,15). The van der Waals surface area contributed by atoms with Crippen LogP contribution in [0.3, 0.4) is 0 Å². The summed E-state index contributed by atoms with van der Waals surface area (Å²) >= 11 is 5.72. The molecule has 1 aliphatic rings. The minimum atomic E-state index is -0.927. The first-order valence-electron chi connectivity index (χ1n) is 5.34. The smallest absolute Gasteiger partial charge is 0.322 e. The van der Waals surface area contributed by atoms with Crippen LogP contribution in [0.25, 0.3) is 0 Å². The van der Waals surface area contributed by atoms with Gasteiger partial charge in [0.25, 0.3) is 0 Å². The van der Waals surface area contributed by atoms with E-state index in [1.54, 1.807) is 0 Å². The van der Waals surface area contributed by atoms with Crippen LogP contribution in [0.15, 0.2) is 0 Å². The minimum absolute atomic E-state index is 0.446. The molecular weight excluding hydrogens is 216 g/mol. The Kier molecular flexibility index (Phi) is 4.83. The van der Waals surface area contributed by atoms with Gasteiger partial charge in [0.05, 0.1) is 0 Å². The fourth-order valence-electron chi connectivity index (χ4n) is 1.92. The predicted octanol–water partition coefficient (Wildman–Crippen LogP) is 0.704. The molecule has 15 heavy (non-hydrogen) atoms. The van der Waals surface area contributed by atoms with Gasteiger partial charge in [-0.15, -0.1) is 11.6 Å². The average Bonchev–Trinajstić information content (AvgIpc) is 2.20. The van der Waals surface area contributed by atoms with E-state index in [0.29, 0.717) is 12.6 Å². The molecule has 1 N–H and O–H groups in total. The molecule has 4 nitrogen and oxygen atoms in total. The third-order valence-electron chi connectivity index (χ3n) is 3.02. The van der Waals surface area contributed by atoms with E-state index in [1.807, 2.05) is 0 Å². The van der Waals surface area contributed by atoms with Crippen LogP contribution in [-0.4, -0.2) is 65.5 Å². The SMILES string of the molecule is CCC1CN(CC(Cl)C(=O)O)CCN1C. The molecular formula is C10H19ClN2O2. The fourth-order valence-corrected chi connectivity index (χ4v) is 2.12. The number of nitrogens with zero attached hydrogens (tertiary/aromatic N) is 2. The molecule has 1 heterocycles. The summed E-state index contributed by atoms with van der Waals surface area (Å²) in [5, 5.41) is 7.93. The van der Waals surface area contributed by atoms with Crippen molar-refractivity contribution in [2.75, 3.05) is 33.2 Å². The summed E-state index contributed by atoms with van der Waals surface area (Å²) in [6, 6.07) is 0.524. The second kappa shape index (κ2) is 5.68. The van der Waals surface area contributed by atoms with Crippen molar-refractivity contribution >= 4 is 17.6 Å². The molecule has 1 fully saturated rings. The number of piperazine rings is 1. The van der Waals surface area contributed by atoms with E-state index in [4.69, 9.17) is 16.7 Å². The molecule has 0 aromatic carbocycles. The van der Waals surface area contributed by atoms with E-state index >= 15 is 0 Å². The number of carboxylic acids is 1. The number of alkyl halides is 1. The topological polar surface area (TPSA) is 43.8 Å². The van der Waals surface area contributed by atoms with Gasteiger partial charge in [0.1, 0.15) is 5.38 Å². The van der Waals surface area contributed by atoms with Crippen LogP contribution in [0, 0.1) is 0 Å². The zero-order chi connectivity index (χ0) is 11.4. The number of carbonyl (C=O) groups is 1. The molecule has 0 aliphatic carbocycles. The van der Waals surface area contributed by atoms with Gasteiger partial charge in [-0.3, -0.25) is 9.69 Å². The predicted molar refractivity (Wildman–Crippen MR) is 60.4 cm³/mol. The highest BCUT2D eigenvalue weighted by molar-refractivity contribution is 6.29. The highest BCUT2D eigenvalue weighted by Gasteiger charge is 2.26. The Bertz CT molecular complexity index is 225. The molecule has 1 rings (SSSR count). The van der Waals surface area contributed by atoms with Crippen molar-refractivity contribution in [3.05, 3.63) is 0 Å². The Morgan fingerprint density at radius 2 is 2.27 bits per heavy atom. The molecule has 2 unspecified atom stereocenters. The lowest BCUT2D eigenvalue weighted by Crippen LogP contribution is -2.52. The summed E-state index contributed by atoms with van der Waals surface area (Å²) in [7, 11) is 2.11. The van der Waals surface area contributed by atoms with Crippen LogP contribution >= 0.6 is 11.6 Å². The lowest BCUT2D eigenvalue weighted by Gasteiger charge is -2.39. The normalized spacial score (nSPS) is 26.5. The Hall–Kier alpha value is -0.320. The van der Waals surface area contributed by atoms with E-state index in [1.165, 1.54) is 0 Å². The van der Waals surface area contributed by atoms with Crippen LogP contribution in [0.4, 0.5) is 0 Å². The highest BCUT2D eigenvalue weighted by atomic mass is 35.5. The summed E-state index contributed by atoms with van der Waals surface area (Å²) in [6.45, 7) is 5.41. The van der Waals surface area contributed by atoms with Crippen LogP contribution in [0.1, 0.15) is 13.3 Å². The molecule has 88 valence electrons. The molecule has 0 spiro atoms. The number of likely N-dealkylation sites (N-methyl/N-ethyl adjacent to an activating group) is 1. The van der Waals surface area contributed by atoms with Crippen molar-refractivity contribution in [1.29, 1.82) is 0 Å². The zero-order valence-electron chi connectivity index (χ0n) is 9.32. The van der Waals surface area contributed by atoms with E-state index in [-0.39, 0.29) is 0 Å². The largest absolute Gasteiger partial charge is 0.480 e. The average molecular weight is 235 g/mol. The Morgan fingerprint density at radius 1 is 1.60 bits per heavy atom. The Morgan fingerprint density at radius 3 is 2.80 bits per heavy atom. The Labute approximate surface area is 95.8 Å². The second-order valence-corrected chi connectivity index (χ2v) is 4.63. The van der Waals surface area contributed by atoms with Crippen molar-refractivity contribution < 1.29 is 9.90 Å². The second-order valence-electron chi connectivity index (χ2n) is 4.11. The quantitative estimate of drug-likeness (QED) is 0.728. The van der Waals surface area contributed by atoms with Crippen molar-refractivity contribution in [2.24, 2.45) is 0 Å². The minimum Gasteiger partial charge on any atom is -0.480 e. The molecule has 0 saturated carbocycles. The first kappa shape index (κ1) is 12.7. The maximum absolute atomic E-state index is 10.6. The van der Waals surface area contributed by atoms with Crippen LogP contribution in [-0.2, 0) is 4.79 Å². The van der Waals surface area contributed by atoms with Gasteiger partial charge in [-0.25, -0.2) is 0 Å². The van der Waals surface area contributed by atoms with Gasteiger partial charge in [-0.1, -0.05) is 6.92 Å². The molecule has 1 aliphatic heterocycles. The van der Waals surface area contributed by atoms with E-state index < -0.39 is 11.3 Å². The molecule has 5 heteroatoms. The monoisotopic (exact) mass is 234 g/mol. The molecule has 0 radical (unpaired) electrons. The Balaban J connectivity index is 2.41. The van der Waals surface area contributed by atoms with Gasteiger partial charge in [-0.05, 0) is 13.5 Å². The molecule has 2 atom stereocenters. The number of halogens is 1. The lowest BCUT2D eigenvalue weighted by molar-refractivity contribution is -0.137. The number of carboxylic acid groups (broad SMARTS) is 1. The fraction of sp³-hybridized carbons (Fsp3) is 0.900. The molecule has 0 aromatic heterocycles. The number of aliphatic carboxylic acids is 1. The van der Waals surface area contributed by atoms with Crippen molar-refractivity contribution in [1.82, 2.24) is 9.80 Å². The maximum atomic E-state index is 10.6. The van der Waals surface area contributed by atoms with Gasteiger partial charge in [0.15, 0.2) is 0 Å². The van der Waals surface area contributed by atoms with Crippen LogP contribution < -0.4 is 0 Å². The number of hydrogen-bond donors (Lipinski definition) is 1. The van der Waals surface area contributed by atoms with Gasteiger partial charge in [-0.2, -0.15) is 0 Å². The van der Waals surface area contributed by atoms with Crippen LogP contribution in [0.5, 0.6) is 0 Å². The summed E-state index contributed by atoms with van der Waals surface area (Å²) in [4.78, 5) is 15.1. The maximum Gasteiger partial charge on any atom is 0.322 e. The van der Waals surface area contributed by atoms with Gasteiger partial charge < -0.3 is 10.0 Å². The summed E-state index contributed by atoms with van der Waals surface area (Å²) in [5.74, 6) is -0.927. The first-order valence-corrected chi connectivity index (χ1v) is 5.77. The van der Waals surface area contributed by atoms with Crippen molar-refractivity contribution in [3.63, 3.8) is 0 Å². The third-order valence-corrected chi connectivity index (χ3v) is 3.34. The van der Waals surface area contributed by atoms with Crippen LogP contribution in [0.2, 0.25) is 0 Å². The number of rotatable bonds is 4. The summed E-state index contributed by atoms with van der Waals surface area (Å²) < 4.78 is 0. The molecule has 0 amide bonds. The van der Waals surface area contributed by atoms with Gasteiger partial charge in [0, 0.05) is 32.2 Å². The van der Waals surface area contributed by atoms with Gasteiger partial charge >= 0.3 is 5.97 Å². The van der Waals surface area contributed by atoms with Gasteiger partial charge in [0.2, 0.25) is 0 Å². The van der Waals surface area contributed by atoms with E-state index in [9.17, 15) is 4.79 Å². The van der Waals surface area contributed by atoms with E-state index in [2.05, 4.69) is 23.8 Å². The zero-order valence-corrected chi connectivity index (χ0v) is 10.1. The molecule has 1 saturated heterocycles. The van der Waals surface area contributed by atoms with Crippen molar-refractivity contribution in [2.45, 2.75) is 24.8 Å². The molecule has 0 aromatic rings. The molecule has 0 bridgehead atoms. The van der Waals surface area contributed by atoms with Crippen molar-refractivity contribution in [3.8, 4) is 0 Å².